The molecule has 2 aromatic rings. The van der Waals surface area contributed by atoms with Crippen LogP contribution < -0.4 is 15.6 Å². The summed E-state index contributed by atoms with van der Waals surface area (Å²) in [7, 11) is 1.64. The highest BCUT2D eigenvalue weighted by Crippen LogP contribution is 2.20. The number of benzene rings is 1. The van der Waals surface area contributed by atoms with Gasteiger partial charge in [0.2, 0.25) is 0 Å². The van der Waals surface area contributed by atoms with E-state index in [2.05, 4.69) is 15.0 Å². The fourth-order valence-corrected chi connectivity index (χ4v) is 1.82. The molecule has 5 nitrogen and oxygen atoms in total. The van der Waals surface area contributed by atoms with Crippen molar-refractivity contribution in [2.75, 3.05) is 5.32 Å². The second kappa shape index (κ2) is 6.34. The number of nitrogens with one attached hydrogen (secondary N) is 1. The van der Waals surface area contributed by atoms with E-state index in [0.717, 1.165) is 5.56 Å². The van der Waals surface area contributed by atoms with Crippen LogP contribution in [0, 0.1) is 0 Å². The van der Waals surface area contributed by atoms with Gasteiger partial charge < -0.3 is 14.6 Å². The maximum atomic E-state index is 12.1. The van der Waals surface area contributed by atoms with E-state index in [1.54, 1.807) is 25.4 Å². The van der Waals surface area contributed by atoms with Crippen molar-refractivity contribution in [2.24, 2.45) is 7.05 Å². The number of ether oxygens (including phenoxy) is 1. The molecule has 0 bridgehead atoms. The van der Waals surface area contributed by atoms with Crippen molar-refractivity contribution in [2.45, 2.75) is 19.6 Å². The van der Waals surface area contributed by atoms with Gasteiger partial charge in [0.1, 0.15) is 5.75 Å². The molecule has 1 atom stereocenters. The highest BCUT2D eigenvalue weighted by Gasteiger charge is 2.10. The van der Waals surface area contributed by atoms with E-state index in [1.807, 2.05) is 6.92 Å². The number of hydrogen-bond acceptors (Lipinski definition) is 4. The Bertz CT molecular complexity index is 656. The Labute approximate surface area is 120 Å². The lowest BCUT2D eigenvalue weighted by Crippen LogP contribution is -2.23. The third-order valence-electron chi connectivity index (χ3n) is 2.98. The average Bonchev–Trinajstić information content (AvgIpc) is 2.44. The molecule has 0 unspecified atom stereocenters. The lowest BCUT2D eigenvalue weighted by atomic mass is 10.1. The van der Waals surface area contributed by atoms with Gasteiger partial charge in [0.25, 0.3) is 5.56 Å². The van der Waals surface area contributed by atoms with Crippen LogP contribution in [-0.4, -0.2) is 16.2 Å². The monoisotopic (exact) mass is 295 g/mol. The summed E-state index contributed by atoms with van der Waals surface area (Å²) in [5.41, 5.74) is 0.589. The number of alkyl halides is 2. The van der Waals surface area contributed by atoms with E-state index >= 15 is 0 Å². The summed E-state index contributed by atoms with van der Waals surface area (Å²) in [5.74, 6) is 0.329. The van der Waals surface area contributed by atoms with E-state index in [1.165, 1.54) is 22.9 Å². The quantitative estimate of drug-likeness (QED) is 0.921. The first-order chi connectivity index (χ1) is 9.97. The molecular formula is C14H15F2N3O2. The molecule has 0 saturated carbocycles. The van der Waals surface area contributed by atoms with Crippen molar-refractivity contribution in [3.63, 3.8) is 0 Å². The normalized spacial score (nSPS) is 12.2. The Morgan fingerprint density at radius 2 is 1.95 bits per heavy atom. The first-order valence-corrected chi connectivity index (χ1v) is 6.30. The molecule has 1 N–H and O–H groups in total. The third kappa shape index (κ3) is 3.77. The molecule has 0 fully saturated rings. The highest BCUT2D eigenvalue weighted by atomic mass is 19.3. The van der Waals surface area contributed by atoms with E-state index in [4.69, 9.17) is 0 Å². The topological polar surface area (TPSA) is 56.2 Å². The van der Waals surface area contributed by atoms with Crippen molar-refractivity contribution in [3.8, 4) is 5.75 Å². The van der Waals surface area contributed by atoms with Crippen LogP contribution in [0.3, 0.4) is 0 Å². The Hall–Kier alpha value is -2.44. The molecule has 0 radical (unpaired) electrons. The van der Waals surface area contributed by atoms with E-state index in [9.17, 15) is 13.6 Å². The smallest absolute Gasteiger partial charge is 0.387 e. The molecule has 1 aromatic heterocycles. The standard InChI is InChI=1S/C14H15F2N3O2/c1-9(18-12-13(20)19(2)8-7-17-12)10-3-5-11(6-4-10)21-14(15)16/h3-9,14H,1-2H3,(H,17,18)/t9-/m0/s1. The van der Waals surface area contributed by atoms with Crippen LogP contribution in [0.5, 0.6) is 5.75 Å². The fraction of sp³-hybridized carbons (Fsp3) is 0.286. The number of hydrogen-bond donors (Lipinski definition) is 1. The van der Waals surface area contributed by atoms with E-state index in [0.29, 0.717) is 0 Å². The van der Waals surface area contributed by atoms with Crippen molar-refractivity contribution in [1.82, 2.24) is 9.55 Å². The maximum Gasteiger partial charge on any atom is 0.387 e. The highest BCUT2D eigenvalue weighted by molar-refractivity contribution is 5.37. The van der Waals surface area contributed by atoms with Crippen LogP contribution >= 0.6 is 0 Å². The van der Waals surface area contributed by atoms with E-state index < -0.39 is 6.61 Å². The van der Waals surface area contributed by atoms with Crippen molar-refractivity contribution in [1.29, 1.82) is 0 Å². The first-order valence-electron chi connectivity index (χ1n) is 6.30. The summed E-state index contributed by atoms with van der Waals surface area (Å²) in [5, 5.41) is 2.99. The number of halogens is 2. The van der Waals surface area contributed by atoms with Gasteiger partial charge in [0, 0.05) is 19.4 Å². The number of aryl methyl sites for hydroxylation is 1. The molecule has 21 heavy (non-hydrogen) atoms. The molecule has 0 aliphatic carbocycles. The Morgan fingerprint density at radius 3 is 2.57 bits per heavy atom. The second-order valence-corrected chi connectivity index (χ2v) is 4.51. The molecule has 0 aliphatic heterocycles. The summed E-state index contributed by atoms with van der Waals surface area (Å²) in [6.07, 6.45) is 3.09. The van der Waals surface area contributed by atoms with Crippen molar-refractivity contribution >= 4 is 5.82 Å². The number of anilines is 1. The molecule has 1 aromatic carbocycles. The van der Waals surface area contributed by atoms with Gasteiger partial charge in [-0.2, -0.15) is 8.78 Å². The Kier molecular flexibility index (Phi) is 4.52. The lowest BCUT2D eigenvalue weighted by molar-refractivity contribution is -0.0498. The van der Waals surface area contributed by atoms with Gasteiger partial charge in [-0.15, -0.1) is 0 Å². The largest absolute Gasteiger partial charge is 0.435 e. The molecule has 2 rings (SSSR count). The second-order valence-electron chi connectivity index (χ2n) is 4.51. The molecule has 0 amide bonds. The summed E-state index contributed by atoms with van der Waals surface area (Å²) in [6, 6.07) is 6.02. The summed E-state index contributed by atoms with van der Waals surface area (Å²) >= 11 is 0. The molecule has 112 valence electrons. The molecule has 1 heterocycles. The summed E-state index contributed by atoms with van der Waals surface area (Å²) < 4.78 is 29.8. The predicted molar refractivity (Wildman–Crippen MR) is 74.6 cm³/mol. The van der Waals surface area contributed by atoms with E-state index in [-0.39, 0.29) is 23.2 Å². The van der Waals surface area contributed by atoms with Gasteiger partial charge in [-0.25, -0.2) is 4.98 Å². The SMILES string of the molecule is C[C@H](Nc1nccn(C)c1=O)c1ccc(OC(F)F)cc1. The first kappa shape index (κ1) is 15.0. The lowest BCUT2D eigenvalue weighted by Gasteiger charge is -2.15. The van der Waals surface area contributed by atoms with Gasteiger partial charge >= 0.3 is 6.61 Å². The third-order valence-corrected chi connectivity index (χ3v) is 2.98. The molecule has 0 saturated heterocycles. The number of nitrogens with zero attached hydrogens (tertiary/aromatic N) is 2. The van der Waals surface area contributed by atoms with Crippen LogP contribution in [-0.2, 0) is 7.05 Å². The Morgan fingerprint density at radius 1 is 1.29 bits per heavy atom. The van der Waals surface area contributed by atoms with Gasteiger partial charge in [0.05, 0.1) is 6.04 Å². The fourth-order valence-electron chi connectivity index (χ4n) is 1.82. The predicted octanol–water partition coefficient (Wildman–Crippen LogP) is 2.55. The van der Waals surface area contributed by atoms with Crippen LogP contribution in [0.15, 0.2) is 41.5 Å². The Balaban J connectivity index is 2.11. The number of rotatable bonds is 5. The van der Waals surface area contributed by atoms with Crippen LogP contribution in [0.25, 0.3) is 0 Å². The molecular weight excluding hydrogens is 280 g/mol. The van der Waals surface area contributed by atoms with Gasteiger partial charge in [-0.05, 0) is 24.6 Å². The zero-order valence-electron chi connectivity index (χ0n) is 11.6. The zero-order chi connectivity index (χ0) is 15.4. The molecule has 0 aliphatic rings. The summed E-state index contributed by atoms with van der Waals surface area (Å²) in [6.45, 7) is -1.00. The van der Waals surface area contributed by atoms with Crippen molar-refractivity contribution < 1.29 is 13.5 Å². The molecule has 0 spiro atoms. The van der Waals surface area contributed by atoms with Crippen LogP contribution in [0.1, 0.15) is 18.5 Å². The number of aromatic nitrogens is 2. The molecule has 7 heteroatoms. The maximum absolute atomic E-state index is 12.1. The van der Waals surface area contributed by atoms with Crippen LogP contribution in [0.4, 0.5) is 14.6 Å². The van der Waals surface area contributed by atoms with Gasteiger partial charge in [0.15, 0.2) is 5.82 Å². The van der Waals surface area contributed by atoms with Crippen molar-refractivity contribution in [3.05, 3.63) is 52.6 Å². The van der Waals surface area contributed by atoms with Crippen LogP contribution in [0.2, 0.25) is 0 Å². The summed E-state index contributed by atoms with van der Waals surface area (Å²) in [4.78, 5) is 15.8. The minimum absolute atomic E-state index is 0.0923. The van der Waals surface area contributed by atoms with Gasteiger partial charge in [-0.1, -0.05) is 12.1 Å². The zero-order valence-corrected chi connectivity index (χ0v) is 11.6. The average molecular weight is 295 g/mol. The minimum Gasteiger partial charge on any atom is -0.435 e. The minimum atomic E-state index is -2.84. The van der Waals surface area contributed by atoms with Gasteiger partial charge in [-0.3, -0.25) is 4.79 Å².